The fourth-order valence-electron chi connectivity index (χ4n) is 6.45. The van der Waals surface area contributed by atoms with Gasteiger partial charge in [-0.15, -0.1) is 0 Å². The predicted molar refractivity (Wildman–Crippen MR) is 210 cm³/mol. The minimum atomic E-state index is -3.49. The number of nitrogens with zero attached hydrogens (tertiary/aromatic N) is 3. The largest absolute Gasteiger partial charge is 0.465 e. The first-order chi connectivity index (χ1) is 25.9. The molecule has 0 radical (unpaired) electrons. The lowest BCUT2D eigenvalue weighted by Gasteiger charge is -2.12. The molecule has 0 spiro atoms. The third kappa shape index (κ3) is 8.37. The Kier molecular flexibility index (Phi) is 12.1. The highest BCUT2D eigenvalue weighted by Gasteiger charge is 2.23. The summed E-state index contributed by atoms with van der Waals surface area (Å²) in [5, 5.41) is 11.1. The van der Waals surface area contributed by atoms with E-state index in [2.05, 4.69) is 6.92 Å². The van der Waals surface area contributed by atoms with Crippen LogP contribution in [0.4, 0.5) is 0 Å². The van der Waals surface area contributed by atoms with Crippen molar-refractivity contribution in [3.05, 3.63) is 135 Å². The second-order valence-corrected chi connectivity index (χ2v) is 17.9. The van der Waals surface area contributed by atoms with Crippen molar-refractivity contribution in [2.45, 2.75) is 42.9 Å². The topological polar surface area (TPSA) is 153 Å². The van der Waals surface area contributed by atoms with Crippen LogP contribution in [0, 0.1) is 6.92 Å². The molecular weight excluding hydrogens is 743 g/mol. The molecule has 1 aliphatic carbocycles. The fourth-order valence-corrected chi connectivity index (χ4v) is 8.25. The summed E-state index contributed by atoms with van der Waals surface area (Å²) in [5.74, 6) is -0.797. The van der Waals surface area contributed by atoms with Gasteiger partial charge in [0.25, 0.3) is 0 Å². The maximum Gasteiger partial charge on any atom is 0.337 e. The number of methoxy groups -OCH3 is 2. The zero-order valence-corrected chi connectivity index (χ0v) is 33.7. The number of hydrogen-bond acceptors (Lipinski definition) is 9. The Morgan fingerprint density at radius 3 is 1.65 bits per heavy atom. The Morgan fingerprint density at radius 2 is 1.16 bits per heavy atom. The second-order valence-electron chi connectivity index (χ2n) is 13.6. The van der Waals surface area contributed by atoms with E-state index in [1.54, 1.807) is 67.6 Å². The van der Waals surface area contributed by atoms with E-state index >= 15 is 0 Å². The molecule has 0 saturated carbocycles. The number of benzene rings is 4. The number of allylic oxidation sites excluding steroid dienone is 2. The molecule has 0 fully saturated rings. The van der Waals surface area contributed by atoms with Crippen LogP contribution in [0.15, 0.2) is 100 Å². The molecule has 0 saturated heterocycles. The molecule has 0 bridgehead atoms. The Bertz CT molecular complexity index is 2520. The summed E-state index contributed by atoms with van der Waals surface area (Å²) in [5.41, 5.74) is 9.65. The number of esters is 2. The summed E-state index contributed by atoms with van der Waals surface area (Å²) in [6.07, 6.45) is 2.02. The van der Waals surface area contributed by atoms with Gasteiger partial charge >= 0.3 is 11.9 Å². The molecule has 1 aromatic heterocycles. The van der Waals surface area contributed by atoms with Gasteiger partial charge in [0.2, 0.25) is 20.0 Å². The van der Waals surface area contributed by atoms with Crippen molar-refractivity contribution >= 4 is 48.5 Å². The summed E-state index contributed by atoms with van der Waals surface area (Å²) in [7, 11) is 1.80. The summed E-state index contributed by atoms with van der Waals surface area (Å²) in [4.78, 5) is 24.2. The number of rotatable bonds is 10. The Morgan fingerprint density at radius 1 is 0.691 bits per heavy atom. The minimum Gasteiger partial charge on any atom is -0.465 e. The molecule has 6 rings (SSSR count). The van der Waals surface area contributed by atoms with Crippen LogP contribution in [-0.2, 0) is 48.8 Å². The van der Waals surface area contributed by atoms with Crippen LogP contribution in [-0.4, -0.2) is 89.7 Å². The average molecular weight is 788 g/mol. The molecular formula is C41H45N3O9S2. The quantitative estimate of drug-likeness (QED) is 0.131. The SMILES string of the molecule is COC(=O)c1ccc2c(c1)C(Cc1ccc(S(=O)(=O)N(C)C)cc1)=C(C)C2.COC(=O)c1ccc2c(c1)c(Cc1ccc(S(=O)(=O)N(C)C)cc1)c(C)n2O. The number of ether oxygens (including phenoxy) is 2. The molecule has 1 N–H and O–H groups in total. The van der Waals surface area contributed by atoms with E-state index in [-0.39, 0.29) is 15.8 Å². The van der Waals surface area contributed by atoms with Gasteiger partial charge in [0.05, 0.1) is 46.3 Å². The van der Waals surface area contributed by atoms with Crippen LogP contribution in [0.3, 0.4) is 0 Å². The highest BCUT2D eigenvalue weighted by molar-refractivity contribution is 7.89. The Balaban J connectivity index is 0.000000211. The zero-order valence-electron chi connectivity index (χ0n) is 32.1. The maximum absolute atomic E-state index is 12.2. The van der Waals surface area contributed by atoms with Crippen LogP contribution in [0.1, 0.15) is 61.2 Å². The molecule has 0 atom stereocenters. The van der Waals surface area contributed by atoms with Crippen molar-refractivity contribution in [3.8, 4) is 0 Å². The van der Waals surface area contributed by atoms with Crippen LogP contribution < -0.4 is 0 Å². The maximum atomic E-state index is 12.2. The normalized spacial score (nSPS) is 12.8. The minimum absolute atomic E-state index is 0.218. The van der Waals surface area contributed by atoms with E-state index in [1.807, 2.05) is 24.3 Å². The van der Waals surface area contributed by atoms with Gasteiger partial charge in [-0.25, -0.2) is 35.0 Å². The van der Waals surface area contributed by atoms with Crippen molar-refractivity contribution in [3.63, 3.8) is 0 Å². The molecule has 0 amide bonds. The summed E-state index contributed by atoms with van der Waals surface area (Å²) in [6.45, 7) is 3.88. The first kappa shape index (κ1) is 40.9. The fraction of sp³-hybridized carbons (Fsp3) is 0.268. The molecule has 55 heavy (non-hydrogen) atoms. The van der Waals surface area contributed by atoms with E-state index in [4.69, 9.17) is 9.47 Å². The lowest BCUT2D eigenvalue weighted by Crippen LogP contribution is -2.22. The van der Waals surface area contributed by atoms with E-state index in [9.17, 15) is 31.6 Å². The van der Waals surface area contributed by atoms with Crippen LogP contribution in [0.5, 0.6) is 0 Å². The number of carbonyl (C=O) groups is 2. The molecule has 1 aliphatic rings. The van der Waals surface area contributed by atoms with Crippen LogP contribution in [0.25, 0.3) is 16.5 Å². The first-order valence-electron chi connectivity index (χ1n) is 17.2. The molecule has 14 heteroatoms. The van der Waals surface area contributed by atoms with Gasteiger partial charge in [-0.1, -0.05) is 35.9 Å². The molecule has 1 heterocycles. The van der Waals surface area contributed by atoms with E-state index in [1.165, 1.54) is 67.7 Å². The summed E-state index contributed by atoms with van der Waals surface area (Å²) < 4.78 is 61.9. The molecule has 0 unspecified atom stereocenters. The van der Waals surface area contributed by atoms with Gasteiger partial charge in [-0.3, -0.25) is 0 Å². The Labute approximate surface area is 322 Å². The van der Waals surface area contributed by atoms with Crippen molar-refractivity contribution in [2.24, 2.45) is 0 Å². The number of aromatic nitrogens is 1. The number of hydrogen-bond donors (Lipinski definition) is 1. The van der Waals surface area contributed by atoms with Crippen LogP contribution in [0.2, 0.25) is 0 Å². The lowest BCUT2D eigenvalue weighted by molar-refractivity contribution is 0.0592. The monoisotopic (exact) mass is 787 g/mol. The van der Waals surface area contributed by atoms with Gasteiger partial charge in [0, 0.05) is 33.6 Å². The van der Waals surface area contributed by atoms with Gasteiger partial charge in [-0.05, 0) is 121 Å². The van der Waals surface area contributed by atoms with Gasteiger partial charge in [0.1, 0.15) is 0 Å². The molecule has 0 aliphatic heterocycles. The molecule has 5 aromatic rings. The second kappa shape index (κ2) is 16.2. The highest BCUT2D eigenvalue weighted by Crippen LogP contribution is 2.36. The zero-order chi connectivity index (χ0) is 40.4. The van der Waals surface area contributed by atoms with Crippen molar-refractivity contribution in [1.29, 1.82) is 0 Å². The number of fused-ring (bicyclic) bond motifs is 2. The standard InChI is InChI=1S/C21H23NO4S.C20H22N2O5S/c1-14-11-16-7-8-17(21(23)26-4)13-20(16)19(14)12-15-5-9-18(10-6-15)27(24,25)22(2)3;1-13-17(11-14-5-8-16(9-6-14)28(25,26)21(2)3)18-12-15(20(23)27-4)7-10-19(18)22(13)24/h5-10,13H,11-12H2,1-4H3;5-10,12,24H,11H2,1-4H3. The first-order valence-corrected chi connectivity index (χ1v) is 20.1. The van der Waals surface area contributed by atoms with E-state index in [0.717, 1.165) is 38.8 Å². The van der Waals surface area contributed by atoms with Crippen molar-refractivity contribution in [1.82, 2.24) is 13.3 Å². The molecule has 290 valence electrons. The third-order valence-corrected chi connectivity index (χ3v) is 13.4. The van der Waals surface area contributed by atoms with Gasteiger partial charge in [-0.2, -0.15) is 4.73 Å². The van der Waals surface area contributed by atoms with E-state index in [0.29, 0.717) is 35.2 Å². The number of carbonyl (C=O) groups excluding carboxylic acids is 2. The summed E-state index contributed by atoms with van der Waals surface area (Å²) >= 11 is 0. The predicted octanol–water partition coefficient (Wildman–Crippen LogP) is 6.11. The third-order valence-electron chi connectivity index (χ3n) is 9.72. The van der Waals surface area contributed by atoms with Crippen molar-refractivity contribution in [2.75, 3.05) is 42.4 Å². The summed E-state index contributed by atoms with van der Waals surface area (Å²) in [6, 6.07) is 24.2. The van der Waals surface area contributed by atoms with Crippen LogP contribution >= 0.6 is 0 Å². The van der Waals surface area contributed by atoms with Gasteiger partial charge in [0.15, 0.2) is 0 Å². The Hall–Kier alpha value is -5.28. The average Bonchev–Trinajstić information content (AvgIpc) is 3.61. The van der Waals surface area contributed by atoms with Crippen molar-refractivity contribution < 1.29 is 41.1 Å². The molecule has 4 aromatic carbocycles. The lowest BCUT2D eigenvalue weighted by atomic mass is 9.96. The number of sulfonamides is 2. The van der Waals surface area contributed by atoms with E-state index < -0.39 is 26.0 Å². The van der Waals surface area contributed by atoms with Gasteiger partial charge < -0.3 is 14.7 Å². The smallest absolute Gasteiger partial charge is 0.337 e. The highest BCUT2D eigenvalue weighted by atomic mass is 32.2. The molecule has 12 nitrogen and oxygen atoms in total.